The molecule has 32 heavy (non-hydrogen) atoms. The summed E-state index contributed by atoms with van der Waals surface area (Å²) in [5.74, 6) is 1.70. The summed E-state index contributed by atoms with van der Waals surface area (Å²) >= 11 is 6.44. The van der Waals surface area contributed by atoms with Gasteiger partial charge in [0, 0.05) is 43.5 Å². The first kappa shape index (κ1) is 25.1. The Morgan fingerprint density at radius 1 is 1.03 bits per heavy atom. The fraction of sp³-hybridized carbons (Fsp3) is 0.704. The second kappa shape index (κ2) is 10.6. The summed E-state index contributed by atoms with van der Waals surface area (Å²) in [4.78, 5) is 28.5. The predicted octanol–water partition coefficient (Wildman–Crippen LogP) is 5.92. The standard InChI is InChI=1S/C27H41ClN2O2/c1-6-25(31)29-15-11-22(12-16-29)27(4,5)18-21-17-23(28)7-8-24(21)20-9-13-30(14-10-20)26(32)19(2)3/h7-8,17,19-20,22H,6,9-16,18H2,1-5H3. The van der Waals surface area contributed by atoms with Crippen molar-refractivity contribution in [3.8, 4) is 0 Å². The van der Waals surface area contributed by atoms with E-state index < -0.39 is 0 Å². The summed E-state index contributed by atoms with van der Waals surface area (Å²) in [5, 5.41) is 0.801. The van der Waals surface area contributed by atoms with Crippen molar-refractivity contribution in [3.05, 3.63) is 34.3 Å². The van der Waals surface area contributed by atoms with E-state index in [1.165, 1.54) is 11.1 Å². The summed E-state index contributed by atoms with van der Waals surface area (Å²) in [6.07, 6.45) is 5.78. The third-order valence-electron chi connectivity index (χ3n) is 7.75. The lowest BCUT2D eigenvalue weighted by Gasteiger charge is -2.41. The van der Waals surface area contributed by atoms with E-state index >= 15 is 0 Å². The number of halogens is 1. The molecule has 0 bridgehead atoms. The van der Waals surface area contributed by atoms with Crippen LogP contribution in [0.15, 0.2) is 18.2 Å². The van der Waals surface area contributed by atoms with Crippen LogP contribution in [-0.2, 0) is 16.0 Å². The molecule has 1 aromatic rings. The van der Waals surface area contributed by atoms with Crippen LogP contribution < -0.4 is 0 Å². The van der Waals surface area contributed by atoms with Crippen molar-refractivity contribution in [2.24, 2.45) is 17.3 Å². The molecule has 0 unspecified atom stereocenters. The molecule has 178 valence electrons. The molecule has 2 heterocycles. The van der Waals surface area contributed by atoms with E-state index in [0.29, 0.717) is 18.3 Å². The summed E-state index contributed by atoms with van der Waals surface area (Å²) < 4.78 is 0. The Labute approximate surface area is 199 Å². The van der Waals surface area contributed by atoms with Gasteiger partial charge in [0.1, 0.15) is 0 Å². The first-order valence-electron chi connectivity index (χ1n) is 12.5. The number of nitrogens with zero attached hydrogens (tertiary/aromatic N) is 2. The van der Waals surface area contributed by atoms with Crippen LogP contribution in [0.25, 0.3) is 0 Å². The summed E-state index contributed by atoms with van der Waals surface area (Å²) in [6.45, 7) is 14.1. The molecule has 0 spiro atoms. The Morgan fingerprint density at radius 3 is 2.19 bits per heavy atom. The first-order chi connectivity index (χ1) is 15.1. The highest BCUT2D eigenvalue weighted by Crippen LogP contribution is 2.41. The van der Waals surface area contributed by atoms with Gasteiger partial charge < -0.3 is 9.80 Å². The smallest absolute Gasteiger partial charge is 0.225 e. The molecule has 0 atom stereocenters. The lowest BCUT2D eigenvalue weighted by molar-refractivity contribution is -0.135. The largest absolute Gasteiger partial charge is 0.343 e. The average molecular weight is 461 g/mol. The molecule has 0 radical (unpaired) electrons. The Bertz CT molecular complexity index is 804. The van der Waals surface area contributed by atoms with Gasteiger partial charge >= 0.3 is 0 Å². The molecule has 0 aromatic heterocycles. The monoisotopic (exact) mass is 460 g/mol. The number of benzene rings is 1. The van der Waals surface area contributed by atoms with E-state index in [0.717, 1.165) is 63.3 Å². The van der Waals surface area contributed by atoms with Crippen LogP contribution in [-0.4, -0.2) is 47.8 Å². The highest BCUT2D eigenvalue weighted by atomic mass is 35.5. The Kier molecular flexibility index (Phi) is 8.30. The zero-order valence-corrected chi connectivity index (χ0v) is 21.4. The highest BCUT2D eigenvalue weighted by molar-refractivity contribution is 6.30. The minimum absolute atomic E-state index is 0.0671. The van der Waals surface area contributed by atoms with Crippen molar-refractivity contribution >= 4 is 23.4 Å². The second-order valence-electron chi connectivity index (χ2n) is 10.8. The minimum atomic E-state index is 0.0671. The number of piperidine rings is 2. The van der Waals surface area contributed by atoms with Gasteiger partial charge in [-0.1, -0.05) is 52.3 Å². The van der Waals surface area contributed by atoms with Crippen molar-refractivity contribution in [1.29, 1.82) is 0 Å². The fourth-order valence-electron chi connectivity index (χ4n) is 5.67. The van der Waals surface area contributed by atoms with E-state index in [9.17, 15) is 9.59 Å². The van der Waals surface area contributed by atoms with E-state index in [4.69, 9.17) is 11.6 Å². The van der Waals surface area contributed by atoms with Gasteiger partial charge in [-0.25, -0.2) is 0 Å². The van der Waals surface area contributed by atoms with Gasteiger partial charge in [-0.3, -0.25) is 9.59 Å². The molecule has 0 N–H and O–H groups in total. The topological polar surface area (TPSA) is 40.6 Å². The third kappa shape index (κ3) is 5.87. The van der Waals surface area contributed by atoms with E-state index in [1.807, 2.05) is 36.6 Å². The molecule has 2 saturated heterocycles. The van der Waals surface area contributed by atoms with Gasteiger partial charge in [0.25, 0.3) is 0 Å². The molecule has 2 fully saturated rings. The molecule has 3 rings (SSSR count). The molecule has 2 aliphatic heterocycles. The molecule has 0 saturated carbocycles. The van der Waals surface area contributed by atoms with Crippen LogP contribution in [0.2, 0.25) is 5.02 Å². The van der Waals surface area contributed by atoms with Crippen LogP contribution in [0.3, 0.4) is 0 Å². The average Bonchev–Trinajstić information content (AvgIpc) is 2.78. The van der Waals surface area contributed by atoms with E-state index in [-0.39, 0.29) is 23.1 Å². The van der Waals surface area contributed by atoms with Crippen LogP contribution in [0, 0.1) is 17.3 Å². The van der Waals surface area contributed by atoms with Gasteiger partial charge in [0.15, 0.2) is 0 Å². The van der Waals surface area contributed by atoms with Crippen molar-refractivity contribution in [2.75, 3.05) is 26.2 Å². The van der Waals surface area contributed by atoms with E-state index in [2.05, 4.69) is 26.0 Å². The third-order valence-corrected chi connectivity index (χ3v) is 7.98. The van der Waals surface area contributed by atoms with E-state index in [1.54, 1.807) is 0 Å². The van der Waals surface area contributed by atoms with Crippen LogP contribution in [0.1, 0.15) is 83.8 Å². The van der Waals surface area contributed by atoms with Crippen molar-refractivity contribution in [1.82, 2.24) is 9.80 Å². The van der Waals surface area contributed by atoms with Crippen molar-refractivity contribution < 1.29 is 9.59 Å². The van der Waals surface area contributed by atoms with Crippen molar-refractivity contribution in [2.45, 2.75) is 79.1 Å². The Hall–Kier alpha value is -1.55. The molecular formula is C27H41ClN2O2. The highest BCUT2D eigenvalue weighted by Gasteiger charge is 2.35. The number of rotatable bonds is 6. The molecular weight excluding hydrogens is 420 g/mol. The van der Waals surface area contributed by atoms with Crippen LogP contribution >= 0.6 is 11.6 Å². The molecule has 2 aliphatic rings. The maximum atomic E-state index is 12.4. The van der Waals surface area contributed by atoms with Gasteiger partial charge in [-0.05, 0) is 72.6 Å². The first-order valence-corrected chi connectivity index (χ1v) is 12.8. The molecule has 4 nitrogen and oxygen atoms in total. The van der Waals surface area contributed by atoms with Gasteiger partial charge in [-0.2, -0.15) is 0 Å². The maximum absolute atomic E-state index is 12.4. The van der Waals surface area contributed by atoms with Crippen molar-refractivity contribution in [3.63, 3.8) is 0 Å². The number of amides is 2. The normalized spacial score (nSPS) is 19.0. The van der Waals surface area contributed by atoms with Crippen LogP contribution in [0.5, 0.6) is 0 Å². The number of hydrogen-bond acceptors (Lipinski definition) is 2. The number of carbonyl (C=O) groups is 2. The molecule has 1 aromatic carbocycles. The fourth-order valence-corrected chi connectivity index (χ4v) is 5.87. The zero-order valence-electron chi connectivity index (χ0n) is 20.6. The lowest BCUT2D eigenvalue weighted by Crippen LogP contribution is -2.42. The predicted molar refractivity (Wildman–Crippen MR) is 132 cm³/mol. The number of hydrogen-bond donors (Lipinski definition) is 0. The molecule has 2 amide bonds. The zero-order chi connectivity index (χ0) is 23.5. The number of carbonyl (C=O) groups excluding carboxylic acids is 2. The van der Waals surface area contributed by atoms with Gasteiger partial charge in [0.2, 0.25) is 11.8 Å². The van der Waals surface area contributed by atoms with Gasteiger partial charge in [-0.15, -0.1) is 0 Å². The van der Waals surface area contributed by atoms with Crippen LogP contribution in [0.4, 0.5) is 0 Å². The quantitative estimate of drug-likeness (QED) is 0.528. The summed E-state index contributed by atoms with van der Waals surface area (Å²) in [6, 6.07) is 6.41. The van der Waals surface area contributed by atoms with Gasteiger partial charge in [0.05, 0.1) is 0 Å². The SMILES string of the molecule is CCC(=O)N1CCC(C(C)(C)Cc2cc(Cl)ccc2C2CCN(C(=O)C(C)C)CC2)CC1. The summed E-state index contributed by atoms with van der Waals surface area (Å²) in [7, 11) is 0. The Balaban J connectivity index is 1.69. The maximum Gasteiger partial charge on any atom is 0.225 e. The molecule has 0 aliphatic carbocycles. The lowest BCUT2D eigenvalue weighted by atomic mass is 9.69. The minimum Gasteiger partial charge on any atom is -0.343 e. The number of likely N-dealkylation sites (tertiary alicyclic amines) is 2. The Morgan fingerprint density at radius 2 is 1.62 bits per heavy atom. The summed E-state index contributed by atoms with van der Waals surface area (Å²) in [5.41, 5.74) is 2.93. The molecule has 5 heteroatoms. The second-order valence-corrected chi connectivity index (χ2v) is 11.2.